The molecule has 0 aliphatic rings. The fourth-order valence-corrected chi connectivity index (χ4v) is 4.87. The average molecular weight is 373 g/mol. The molecule has 12 heteroatoms. The second-order valence-electron chi connectivity index (χ2n) is 4.26. The largest absolute Gasteiger partial charge is 0.279 e. The molecule has 0 amide bonds. The van der Waals surface area contributed by atoms with Crippen LogP contribution in [-0.2, 0) is 20.0 Å². The molecule has 1 N–H and O–H groups in total. The van der Waals surface area contributed by atoms with E-state index in [9.17, 15) is 16.8 Å². The third-order valence-electron chi connectivity index (χ3n) is 2.64. The van der Waals surface area contributed by atoms with Crippen molar-refractivity contribution < 1.29 is 16.8 Å². The third kappa shape index (κ3) is 3.38. The summed E-state index contributed by atoms with van der Waals surface area (Å²) < 4.78 is 52.2. The lowest BCUT2D eigenvalue weighted by Crippen LogP contribution is -2.34. The minimum absolute atomic E-state index is 0.148. The first-order valence-electron chi connectivity index (χ1n) is 5.66. The summed E-state index contributed by atoms with van der Waals surface area (Å²) in [6.45, 7) is -0.253. The van der Waals surface area contributed by atoms with Crippen molar-refractivity contribution in [2.75, 3.05) is 26.4 Å². The van der Waals surface area contributed by atoms with Crippen molar-refractivity contribution in [3.8, 4) is 0 Å². The van der Waals surface area contributed by atoms with Crippen LogP contribution in [-0.4, -0.2) is 56.9 Å². The van der Waals surface area contributed by atoms with Crippen molar-refractivity contribution in [3.05, 3.63) is 16.7 Å². The van der Waals surface area contributed by atoms with Crippen molar-refractivity contribution in [2.45, 2.75) is 5.03 Å². The molecule has 0 spiro atoms. The zero-order valence-electron chi connectivity index (χ0n) is 11.1. The fourth-order valence-electron chi connectivity index (χ4n) is 1.53. The molecule has 0 radical (unpaired) electrons. The van der Waals surface area contributed by atoms with Crippen LogP contribution in [0.4, 0.5) is 0 Å². The topological polar surface area (TPSA) is 101 Å². The van der Waals surface area contributed by atoms with Gasteiger partial charge in [0.1, 0.15) is 0 Å². The minimum Gasteiger partial charge on any atom is -0.279 e. The lowest BCUT2D eigenvalue weighted by molar-refractivity contribution is 0.519. The molecule has 0 unspecified atom stereocenters. The van der Waals surface area contributed by atoms with E-state index in [4.69, 9.17) is 11.6 Å². The van der Waals surface area contributed by atoms with Gasteiger partial charge in [-0.1, -0.05) is 11.6 Å². The van der Waals surface area contributed by atoms with Gasteiger partial charge in [-0.15, -0.1) is 11.3 Å². The monoisotopic (exact) mass is 372 g/mol. The van der Waals surface area contributed by atoms with Crippen LogP contribution in [0.3, 0.4) is 0 Å². The van der Waals surface area contributed by atoms with Gasteiger partial charge in [0.2, 0.25) is 10.0 Å². The van der Waals surface area contributed by atoms with Crippen LogP contribution < -0.4 is 4.72 Å². The normalized spacial score (nSPS) is 13.3. The van der Waals surface area contributed by atoms with Gasteiger partial charge in [0.05, 0.1) is 5.75 Å². The summed E-state index contributed by atoms with van der Waals surface area (Å²) in [4.78, 5) is 4.37. The van der Waals surface area contributed by atoms with E-state index in [-0.39, 0.29) is 22.5 Å². The Kier molecular flexibility index (Phi) is 4.61. The highest BCUT2D eigenvalue weighted by atomic mass is 35.5. The molecule has 0 aliphatic heterocycles. The maximum absolute atomic E-state index is 12.2. The lowest BCUT2D eigenvalue weighted by atomic mass is 10.8. The summed E-state index contributed by atoms with van der Waals surface area (Å²) in [6, 6.07) is 0. The minimum atomic E-state index is -3.95. The van der Waals surface area contributed by atoms with Gasteiger partial charge < -0.3 is 0 Å². The molecule has 0 saturated heterocycles. The van der Waals surface area contributed by atoms with Crippen molar-refractivity contribution in [1.82, 2.24) is 18.4 Å². The van der Waals surface area contributed by atoms with Gasteiger partial charge in [-0.25, -0.2) is 30.8 Å². The SMILES string of the molecule is CN(C)S(=O)(=O)CCNS(=O)(=O)c1c(Cl)nc2sccn12. The van der Waals surface area contributed by atoms with Crippen molar-refractivity contribution in [1.29, 1.82) is 0 Å². The summed E-state index contributed by atoms with van der Waals surface area (Å²) in [6.07, 6.45) is 1.53. The number of imidazole rings is 1. The number of halogens is 1. The molecule has 0 saturated carbocycles. The Morgan fingerprint density at radius 3 is 2.67 bits per heavy atom. The van der Waals surface area contributed by atoms with Gasteiger partial charge in [0, 0.05) is 32.2 Å². The molecule has 2 aromatic rings. The van der Waals surface area contributed by atoms with E-state index in [0.29, 0.717) is 4.96 Å². The lowest BCUT2D eigenvalue weighted by Gasteiger charge is -2.11. The molecule has 0 aromatic carbocycles. The van der Waals surface area contributed by atoms with Crippen LogP contribution in [0.5, 0.6) is 0 Å². The molecule has 8 nitrogen and oxygen atoms in total. The van der Waals surface area contributed by atoms with Crippen molar-refractivity contribution in [2.24, 2.45) is 0 Å². The maximum atomic E-state index is 12.2. The van der Waals surface area contributed by atoms with Crippen LogP contribution in [0.1, 0.15) is 0 Å². The van der Waals surface area contributed by atoms with E-state index in [0.717, 1.165) is 4.31 Å². The predicted octanol–water partition coefficient (Wildman–Crippen LogP) is 0.219. The van der Waals surface area contributed by atoms with Crippen LogP contribution in [0.2, 0.25) is 5.15 Å². The first kappa shape index (κ1) is 16.6. The molecule has 2 aromatic heterocycles. The van der Waals surface area contributed by atoms with Gasteiger partial charge in [0.15, 0.2) is 15.1 Å². The van der Waals surface area contributed by atoms with E-state index >= 15 is 0 Å². The van der Waals surface area contributed by atoms with Gasteiger partial charge in [0.25, 0.3) is 10.0 Å². The van der Waals surface area contributed by atoms with Gasteiger partial charge in [-0.3, -0.25) is 4.40 Å². The summed E-state index contributed by atoms with van der Waals surface area (Å²) in [5, 5.41) is 1.33. The Balaban J connectivity index is 2.20. The third-order valence-corrected chi connectivity index (χ3v) is 7.09. The first-order valence-corrected chi connectivity index (χ1v) is 10.0. The summed E-state index contributed by atoms with van der Waals surface area (Å²) in [5.41, 5.74) is 0. The summed E-state index contributed by atoms with van der Waals surface area (Å²) in [5.74, 6) is -0.345. The van der Waals surface area contributed by atoms with Crippen molar-refractivity contribution >= 4 is 47.9 Å². The second-order valence-corrected chi connectivity index (χ2v) is 9.48. The Hall–Kier alpha value is -0.720. The van der Waals surface area contributed by atoms with Crippen LogP contribution >= 0.6 is 22.9 Å². The average Bonchev–Trinajstić information content (AvgIpc) is 2.86. The maximum Gasteiger partial charge on any atom is 0.259 e. The van der Waals surface area contributed by atoms with Crippen LogP contribution in [0, 0.1) is 0 Å². The van der Waals surface area contributed by atoms with Crippen LogP contribution in [0.25, 0.3) is 4.96 Å². The molecule has 21 heavy (non-hydrogen) atoms. The summed E-state index contributed by atoms with van der Waals surface area (Å²) in [7, 11) is -4.67. The highest BCUT2D eigenvalue weighted by Crippen LogP contribution is 2.25. The molecular formula is C9H13ClN4O4S3. The van der Waals surface area contributed by atoms with E-state index < -0.39 is 20.0 Å². The quantitative estimate of drug-likeness (QED) is 0.781. The zero-order valence-corrected chi connectivity index (χ0v) is 14.4. The molecule has 0 bridgehead atoms. The predicted molar refractivity (Wildman–Crippen MR) is 80.7 cm³/mol. The second kappa shape index (κ2) is 5.82. The van der Waals surface area contributed by atoms with Crippen LogP contribution in [0.15, 0.2) is 16.6 Å². The van der Waals surface area contributed by atoms with E-state index in [1.165, 1.54) is 36.0 Å². The van der Waals surface area contributed by atoms with Gasteiger partial charge in [-0.05, 0) is 0 Å². The number of hydrogen-bond donors (Lipinski definition) is 1. The molecule has 2 rings (SSSR count). The number of thiazole rings is 1. The van der Waals surface area contributed by atoms with Gasteiger partial charge >= 0.3 is 0 Å². The number of sulfonamides is 2. The van der Waals surface area contributed by atoms with E-state index in [2.05, 4.69) is 9.71 Å². The zero-order chi connectivity index (χ0) is 15.8. The number of fused-ring (bicyclic) bond motifs is 1. The summed E-state index contributed by atoms with van der Waals surface area (Å²) >= 11 is 7.08. The first-order chi connectivity index (χ1) is 9.65. The Bertz CT molecular complexity index is 853. The fraction of sp³-hybridized carbons (Fsp3) is 0.444. The highest BCUT2D eigenvalue weighted by Gasteiger charge is 2.25. The van der Waals surface area contributed by atoms with E-state index in [1.54, 1.807) is 5.38 Å². The molecule has 2 heterocycles. The molecule has 118 valence electrons. The molecule has 0 fully saturated rings. The molecule has 0 aliphatic carbocycles. The Morgan fingerprint density at radius 1 is 1.38 bits per heavy atom. The number of nitrogens with one attached hydrogen (secondary N) is 1. The van der Waals surface area contributed by atoms with Crippen molar-refractivity contribution in [3.63, 3.8) is 0 Å². The number of hydrogen-bond acceptors (Lipinski definition) is 6. The molecular weight excluding hydrogens is 360 g/mol. The van der Waals surface area contributed by atoms with Gasteiger partial charge in [-0.2, -0.15) is 0 Å². The standard InChI is InChI=1S/C9H13ClN4O4S3/c1-13(2)20(15,16)6-3-11-21(17,18)8-7(10)12-9-14(8)4-5-19-9/h4-5,11H,3,6H2,1-2H3. The van der Waals surface area contributed by atoms with E-state index in [1.807, 2.05) is 0 Å². The highest BCUT2D eigenvalue weighted by molar-refractivity contribution is 7.90. The Morgan fingerprint density at radius 2 is 2.05 bits per heavy atom. The smallest absolute Gasteiger partial charge is 0.259 e. The molecule has 0 atom stereocenters. The number of rotatable bonds is 6. The number of nitrogens with zero attached hydrogens (tertiary/aromatic N) is 3. The number of aromatic nitrogens is 2. The Labute approximate surface area is 131 Å².